The van der Waals surface area contributed by atoms with Crippen LogP contribution >= 0.6 is 0 Å². The minimum absolute atomic E-state index is 0.0954. The normalized spacial score (nSPS) is 11.4. The summed E-state index contributed by atoms with van der Waals surface area (Å²) in [4.78, 5) is 22.6. The number of nitrogen functional groups attached to an aromatic ring is 1. The maximum absolute atomic E-state index is 13.2. The summed E-state index contributed by atoms with van der Waals surface area (Å²) in [7, 11) is 1.58. The van der Waals surface area contributed by atoms with E-state index in [0.717, 1.165) is 11.1 Å². The van der Waals surface area contributed by atoms with Gasteiger partial charge >= 0.3 is 0 Å². The molecule has 0 aliphatic heterocycles. The number of nitrogens with one attached hydrogen (secondary N) is 1. The summed E-state index contributed by atoms with van der Waals surface area (Å²) >= 11 is 0. The number of rotatable bonds is 6. The smallest absolute Gasteiger partial charge is 0.257 e. The van der Waals surface area contributed by atoms with Crippen LogP contribution < -0.4 is 15.8 Å². The summed E-state index contributed by atoms with van der Waals surface area (Å²) in [5, 5.41) is 7.34. The summed E-state index contributed by atoms with van der Waals surface area (Å²) < 4.78 is 20.0. The van der Waals surface area contributed by atoms with E-state index in [-0.39, 0.29) is 23.7 Å². The first-order chi connectivity index (χ1) is 17.0. The van der Waals surface area contributed by atoms with Gasteiger partial charge in [0.05, 0.1) is 24.4 Å². The van der Waals surface area contributed by atoms with E-state index >= 15 is 0 Å². The van der Waals surface area contributed by atoms with Gasteiger partial charge in [-0.2, -0.15) is 9.78 Å². The lowest BCUT2D eigenvalue weighted by Crippen LogP contribution is -2.23. The Morgan fingerprint density at radius 3 is 2.49 bits per heavy atom. The molecular weight excluding hydrogens is 447 g/mol. The fourth-order valence-electron chi connectivity index (χ4n) is 3.75. The number of carbonyl (C=O) groups excluding carboxylic acids is 1. The molecule has 0 atom stereocenters. The Kier molecular flexibility index (Phi) is 5.80. The summed E-state index contributed by atoms with van der Waals surface area (Å²) in [5.41, 5.74) is 10.0. The largest absolute Gasteiger partial charge is 0.496 e. The fourth-order valence-corrected chi connectivity index (χ4v) is 3.75. The van der Waals surface area contributed by atoms with Gasteiger partial charge in [-0.25, -0.2) is 14.4 Å². The second-order valence-electron chi connectivity index (χ2n) is 7.75. The van der Waals surface area contributed by atoms with Gasteiger partial charge in [-0.05, 0) is 42.0 Å². The standard InChI is InChI=1S/C26H21FN6O2/c1-35-21-9-5-2-6-17(21)15-30-33-24(28)22(26(34)29-14-16-10-12-18(27)13-11-16)23-25(33)32-20-8-4-3-7-19(20)31-23/h2-13,15H,14,28H2,1H3,(H,29,34)/b30-15+. The van der Waals surface area contributed by atoms with E-state index < -0.39 is 5.91 Å². The Morgan fingerprint density at radius 1 is 1.06 bits per heavy atom. The van der Waals surface area contributed by atoms with Crippen molar-refractivity contribution < 1.29 is 13.9 Å². The highest BCUT2D eigenvalue weighted by Crippen LogP contribution is 2.28. The van der Waals surface area contributed by atoms with Gasteiger partial charge in [0.2, 0.25) is 0 Å². The molecule has 2 heterocycles. The number of amides is 1. The van der Waals surface area contributed by atoms with Crippen LogP contribution in [0.25, 0.3) is 22.2 Å². The number of para-hydroxylation sites is 3. The topological polar surface area (TPSA) is 107 Å². The highest BCUT2D eigenvalue weighted by molar-refractivity contribution is 6.10. The van der Waals surface area contributed by atoms with Gasteiger partial charge in [-0.3, -0.25) is 4.79 Å². The molecule has 0 aliphatic rings. The average Bonchev–Trinajstić information content (AvgIpc) is 3.15. The molecule has 1 amide bonds. The van der Waals surface area contributed by atoms with E-state index in [4.69, 9.17) is 10.5 Å². The second kappa shape index (κ2) is 9.22. The van der Waals surface area contributed by atoms with E-state index in [1.165, 1.54) is 16.8 Å². The van der Waals surface area contributed by atoms with E-state index in [2.05, 4.69) is 20.4 Å². The van der Waals surface area contributed by atoms with Gasteiger partial charge in [0.1, 0.15) is 28.5 Å². The number of aromatic nitrogens is 3. The first-order valence-electron chi connectivity index (χ1n) is 10.8. The maximum atomic E-state index is 13.2. The van der Waals surface area contributed by atoms with Gasteiger partial charge in [-0.1, -0.05) is 36.4 Å². The van der Waals surface area contributed by atoms with Crippen molar-refractivity contribution >= 4 is 40.1 Å². The fraction of sp³-hybridized carbons (Fsp3) is 0.0769. The molecule has 0 unspecified atom stereocenters. The summed E-state index contributed by atoms with van der Waals surface area (Å²) in [6, 6.07) is 20.6. The molecular formula is C26H21FN6O2. The van der Waals surface area contributed by atoms with Crippen molar-refractivity contribution in [1.82, 2.24) is 20.0 Å². The van der Waals surface area contributed by atoms with Crippen LogP contribution in [0.4, 0.5) is 10.2 Å². The second-order valence-corrected chi connectivity index (χ2v) is 7.75. The van der Waals surface area contributed by atoms with Crippen LogP contribution in [0.15, 0.2) is 77.9 Å². The third-order valence-electron chi connectivity index (χ3n) is 5.52. The molecule has 0 spiro atoms. The van der Waals surface area contributed by atoms with Gasteiger partial charge < -0.3 is 15.8 Å². The van der Waals surface area contributed by atoms with Gasteiger partial charge in [0.15, 0.2) is 5.65 Å². The van der Waals surface area contributed by atoms with Crippen LogP contribution in [-0.2, 0) is 6.54 Å². The van der Waals surface area contributed by atoms with Gasteiger partial charge in [0, 0.05) is 12.1 Å². The van der Waals surface area contributed by atoms with E-state index in [1.54, 1.807) is 25.5 Å². The molecule has 5 aromatic rings. The third-order valence-corrected chi connectivity index (χ3v) is 5.52. The van der Waals surface area contributed by atoms with Crippen LogP contribution in [0.3, 0.4) is 0 Å². The molecule has 3 aromatic carbocycles. The van der Waals surface area contributed by atoms with Crippen LogP contribution in [0.1, 0.15) is 21.5 Å². The number of fused-ring (bicyclic) bond motifs is 2. The predicted molar refractivity (Wildman–Crippen MR) is 133 cm³/mol. The predicted octanol–water partition coefficient (Wildman–Crippen LogP) is 4.13. The van der Waals surface area contributed by atoms with Gasteiger partial charge in [0.25, 0.3) is 5.91 Å². The number of nitrogens with two attached hydrogens (primary N) is 1. The SMILES string of the molecule is COc1ccccc1/C=N/n1c(N)c(C(=O)NCc2ccc(F)cc2)c2nc3ccccc3nc21. The highest BCUT2D eigenvalue weighted by Gasteiger charge is 2.24. The molecule has 0 aliphatic carbocycles. The molecule has 35 heavy (non-hydrogen) atoms. The average molecular weight is 468 g/mol. The first-order valence-corrected chi connectivity index (χ1v) is 10.8. The zero-order valence-electron chi connectivity index (χ0n) is 18.8. The monoisotopic (exact) mass is 468 g/mol. The van der Waals surface area contributed by atoms with E-state index in [0.29, 0.717) is 27.9 Å². The molecule has 3 N–H and O–H groups in total. The Hall–Kier alpha value is -4.79. The Labute approximate surface area is 199 Å². The van der Waals surface area contributed by atoms with E-state index in [1.807, 2.05) is 48.5 Å². The van der Waals surface area contributed by atoms with Crippen molar-refractivity contribution in [3.63, 3.8) is 0 Å². The number of carbonyl (C=O) groups is 1. The van der Waals surface area contributed by atoms with Crippen molar-refractivity contribution in [1.29, 1.82) is 0 Å². The first kappa shape index (κ1) is 22.0. The van der Waals surface area contributed by atoms with Crippen LogP contribution in [-0.4, -0.2) is 33.9 Å². The molecule has 0 saturated carbocycles. The summed E-state index contributed by atoms with van der Waals surface area (Å²) in [5.74, 6) is -0.0479. The molecule has 9 heteroatoms. The summed E-state index contributed by atoms with van der Waals surface area (Å²) in [6.45, 7) is 0.191. The van der Waals surface area contributed by atoms with Crippen LogP contribution in [0.2, 0.25) is 0 Å². The number of anilines is 1. The number of hydrogen-bond acceptors (Lipinski definition) is 6. The molecule has 0 fully saturated rings. The Balaban J connectivity index is 1.59. The lowest BCUT2D eigenvalue weighted by Gasteiger charge is -2.06. The van der Waals surface area contributed by atoms with Gasteiger partial charge in [-0.15, -0.1) is 0 Å². The van der Waals surface area contributed by atoms with Crippen LogP contribution in [0, 0.1) is 5.82 Å². The third kappa shape index (κ3) is 4.26. The summed E-state index contributed by atoms with van der Waals surface area (Å²) in [6.07, 6.45) is 1.59. The number of nitrogens with zero attached hydrogens (tertiary/aromatic N) is 4. The molecule has 174 valence electrons. The molecule has 8 nitrogen and oxygen atoms in total. The molecule has 0 radical (unpaired) electrons. The minimum atomic E-state index is -0.437. The highest BCUT2D eigenvalue weighted by atomic mass is 19.1. The lowest BCUT2D eigenvalue weighted by atomic mass is 10.2. The van der Waals surface area contributed by atoms with Crippen molar-refractivity contribution in [2.45, 2.75) is 6.54 Å². The quantitative estimate of drug-likeness (QED) is 0.365. The van der Waals surface area contributed by atoms with Crippen molar-refractivity contribution in [2.24, 2.45) is 5.10 Å². The lowest BCUT2D eigenvalue weighted by molar-refractivity contribution is 0.0953. The van der Waals surface area contributed by atoms with E-state index in [9.17, 15) is 9.18 Å². The van der Waals surface area contributed by atoms with Crippen molar-refractivity contribution in [3.8, 4) is 5.75 Å². The zero-order chi connectivity index (χ0) is 24.4. The molecule has 5 rings (SSSR count). The maximum Gasteiger partial charge on any atom is 0.257 e. The molecule has 2 aromatic heterocycles. The zero-order valence-corrected chi connectivity index (χ0v) is 18.8. The molecule has 0 bridgehead atoms. The van der Waals surface area contributed by atoms with Crippen LogP contribution in [0.5, 0.6) is 5.75 Å². The molecule has 0 saturated heterocycles. The Bertz CT molecular complexity index is 1580. The number of methoxy groups -OCH3 is 1. The Morgan fingerprint density at radius 2 is 1.74 bits per heavy atom. The number of benzene rings is 3. The number of hydrogen-bond donors (Lipinski definition) is 2. The van der Waals surface area contributed by atoms with Crippen molar-refractivity contribution in [3.05, 3.63) is 95.3 Å². The number of ether oxygens (including phenoxy) is 1. The minimum Gasteiger partial charge on any atom is -0.496 e. The number of halogens is 1. The van der Waals surface area contributed by atoms with Crippen molar-refractivity contribution in [2.75, 3.05) is 12.8 Å².